The van der Waals surface area contributed by atoms with Gasteiger partial charge in [0.05, 0.1) is 18.1 Å². The first-order valence-corrected chi connectivity index (χ1v) is 8.37. The molecule has 8 nitrogen and oxygen atoms in total. The van der Waals surface area contributed by atoms with Gasteiger partial charge >= 0.3 is 0 Å². The average molecular weight is 341 g/mol. The number of H-pyrrole nitrogens is 1. The van der Waals surface area contributed by atoms with Gasteiger partial charge in [0, 0.05) is 12.7 Å². The maximum atomic E-state index is 12.7. The van der Waals surface area contributed by atoms with Gasteiger partial charge in [0.1, 0.15) is 29.4 Å². The molecule has 1 N–H and O–H groups in total. The van der Waals surface area contributed by atoms with Gasteiger partial charge in [-0.25, -0.2) is 9.97 Å². The fourth-order valence-corrected chi connectivity index (χ4v) is 3.16. The van der Waals surface area contributed by atoms with Crippen LogP contribution in [0.25, 0.3) is 11.0 Å². The number of rotatable bonds is 3. The number of ether oxygens (including phenoxy) is 1. The van der Waals surface area contributed by atoms with E-state index in [1.54, 1.807) is 6.92 Å². The van der Waals surface area contributed by atoms with Gasteiger partial charge in [0.25, 0.3) is 5.91 Å². The fraction of sp³-hybridized carbons (Fsp3) is 0.412. The number of aryl methyl sites for hydroxylation is 1. The number of likely N-dealkylation sites (tertiary alicyclic amines) is 1. The van der Waals surface area contributed by atoms with Crippen molar-refractivity contribution in [2.24, 2.45) is 0 Å². The Labute approximate surface area is 144 Å². The molecule has 3 aromatic rings. The van der Waals surface area contributed by atoms with Crippen LogP contribution in [0.3, 0.4) is 0 Å². The standard InChI is InChI=1S/C17H19N5O3/c1-11-14(8-21-25-11)17(23)22-7-3-2-4-12(9-22)24-16-13-5-6-18-15(13)19-10-20-16/h5-6,8,10,12H,2-4,7,9H2,1H3,(H,18,19,20)/t12-/m1/s1. The normalized spacial score (nSPS) is 18.3. The molecule has 4 rings (SSSR count). The highest BCUT2D eigenvalue weighted by Crippen LogP contribution is 2.24. The summed E-state index contributed by atoms with van der Waals surface area (Å²) in [6.45, 7) is 2.96. The summed E-state index contributed by atoms with van der Waals surface area (Å²) in [5, 5.41) is 4.55. The molecule has 1 amide bonds. The second-order valence-corrected chi connectivity index (χ2v) is 6.20. The Balaban J connectivity index is 1.53. The van der Waals surface area contributed by atoms with Crippen molar-refractivity contribution < 1.29 is 14.1 Å². The number of nitrogens with one attached hydrogen (secondary N) is 1. The van der Waals surface area contributed by atoms with E-state index in [-0.39, 0.29) is 12.0 Å². The zero-order valence-electron chi connectivity index (χ0n) is 13.9. The first-order valence-electron chi connectivity index (χ1n) is 8.37. The second kappa shape index (κ2) is 6.54. The fourth-order valence-electron chi connectivity index (χ4n) is 3.16. The van der Waals surface area contributed by atoms with Gasteiger partial charge in [-0.1, -0.05) is 5.16 Å². The van der Waals surface area contributed by atoms with Crippen molar-refractivity contribution in [2.75, 3.05) is 13.1 Å². The lowest BCUT2D eigenvalue weighted by Gasteiger charge is -2.24. The van der Waals surface area contributed by atoms with Crippen LogP contribution >= 0.6 is 0 Å². The Hall–Kier alpha value is -2.90. The van der Waals surface area contributed by atoms with Gasteiger partial charge in [-0.2, -0.15) is 0 Å². The minimum atomic E-state index is -0.111. The highest BCUT2D eigenvalue weighted by molar-refractivity contribution is 5.94. The third-order valence-electron chi connectivity index (χ3n) is 4.49. The molecule has 0 radical (unpaired) electrons. The monoisotopic (exact) mass is 341 g/mol. The van der Waals surface area contributed by atoms with Crippen LogP contribution in [0.1, 0.15) is 35.4 Å². The van der Waals surface area contributed by atoms with Gasteiger partial charge in [0.2, 0.25) is 5.88 Å². The Morgan fingerprint density at radius 2 is 2.32 bits per heavy atom. The minimum Gasteiger partial charge on any atom is -0.472 e. The number of hydrogen-bond acceptors (Lipinski definition) is 6. The molecule has 0 aromatic carbocycles. The van der Waals surface area contributed by atoms with E-state index in [0.717, 1.165) is 30.3 Å². The van der Waals surface area contributed by atoms with Crippen molar-refractivity contribution in [3.63, 3.8) is 0 Å². The summed E-state index contributed by atoms with van der Waals surface area (Å²) in [7, 11) is 0. The van der Waals surface area contributed by atoms with E-state index in [0.29, 0.717) is 30.3 Å². The van der Waals surface area contributed by atoms with Crippen molar-refractivity contribution in [3.05, 3.63) is 36.1 Å². The molecule has 0 spiro atoms. The molecule has 8 heteroatoms. The molecule has 25 heavy (non-hydrogen) atoms. The molecule has 0 aliphatic carbocycles. The summed E-state index contributed by atoms with van der Waals surface area (Å²) in [5.41, 5.74) is 1.25. The van der Waals surface area contributed by atoms with Crippen LogP contribution in [0.15, 0.2) is 29.3 Å². The first kappa shape index (κ1) is 15.6. The van der Waals surface area contributed by atoms with Crippen molar-refractivity contribution in [3.8, 4) is 5.88 Å². The van der Waals surface area contributed by atoms with E-state index in [9.17, 15) is 4.79 Å². The molecule has 0 unspecified atom stereocenters. The van der Waals surface area contributed by atoms with Gasteiger partial charge in [-0.05, 0) is 32.3 Å². The number of aromatic nitrogens is 4. The molecular formula is C17H19N5O3. The molecular weight excluding hydrogens is 322 g/mol. The molecule has 1 saturated heterocycles. The number of aromatic amines is 1. The van der Waals surface area contributed by atoms with Crippen molar-refractivity contribution in [2.45, 2.75) is 32.3 Å². The summed E-state index contributed by atoms with van der Waals surface area (Å²) in [6.07, 6.45) is 7.48. The van der Waals surface area contributed by atoms with Crippen LogP contribution in [0, 0.1) is 6.92 Å². The first-order chi connectivity index (χ1) is 12.2. The van der Waals surface area contributed by atoms with Crippen molar-refractivity contribution in [1.82, 2.24) is 25.0 Å². The SMILES string of the molecule is Cc1oncc1C(=O)N1CCCC[C@@H](Oc2ncnc3[nH]ccc23)C1. The van der Waals surface area contributed by atoms with Crippen molar-refractivity contribution >= 4 is 16.9 Å². The lowest BCUT2D eigenvalue weighted by Crippen LogP contribution is -2.38. The van der Waals surface area contributed by atoms with Crippen LogP contribution in [0.5, 0.6) is 5.88 Å². The number of nitrogens with zero attached hydrogens (tertiary/aromatic N) is 4. The number of hydrogen-bond donors (Lipinski definition) is 1. The quantitative estimate of drug-likeness (QED) is 0.785. The number of carbonyl (C=O) groups is 1. The lowest BCUT2D eigenvalue weighted by molar-refractivity contribution is 0.0680. The third kappa shape index (κ3) is 3.07. The maximum Gasteiger partial charge on any atom is 0.259 e. The van der Waals surface area contributed by atoms with E-state index >= 15 is 0 Å². The third-order valence-corrected chi connectivity index (χ3v) is 4.49. The van der Waals surface area contributed by atoms with E-state index < -0.39 is 0 Å². The predicted octanol–water partition coefficient (Wildman–Crippen LogP) is 2.33. The zero-order chi connectivity index (χ0) is 17.2. The molecule has 1 atom stereocenters. The summed E-state index contributed by atoms with van der Waals surface area (Å²) in [4.78, 5) is 26.0. The summed E-state index contributed by atoms with van der Waals surface area (Å²) < 4.78 is 11.2. The predicted molar refractivity (Wildman–Crippen MR) is 89.3 cm³/mol. The molecule has 1 aliphatic rings. The number of fused-ring (bicyclic) bond motifs is 1. The molecule has 130 valence electrons. The van der Waals surface area contributed by atoms with Crippen molar-refractivity contribution in [1.29, 1.82) is 0 Å². The highest BCUT2D eigenvalue weighted by atomic mass is 16.5. The second-order valence-electron chi connectivity index (χ2n) is 6.20. The molecule has 3 aromatic heterocycles. The van der Waals surface area contributed by atoms with Gasteiger partial charge < -0.3 is 19.1 Å². The smallest absolute Gasteiger partial charge is 0.259 e. The molecule has 1 fully saturated rings. The van der Waals surface area contributed by atoms with Crippen LogP contribution in [0.4, 0.5) is 0 Å². The molecule has 0 bridgehead atoms. The average Bonchev–Trinajstić information content (AvgIpc) is 3.19. The lowest BCUT2D eigenvalue weighted by atomic mass is 10.2. The highest BCUT2D eigenvalue weighted by Gasteiger charge is 2.27. The van der Waals surface area contributed by atoms with Crippen LogP contribution in [-0.2, 0) is 0 Å². The summed E-state index contributed by atoms with van der Waals surface area (Å²) in [5.74, 6) is 1.02. The molecule has 1 aliphatic heterocycles. The van der Waals surface area contributed by atoms with Crippen LogP contribution in [-0.4, -0.2) is 50.1 Å². The summed E-state index contributed by atoms with van der Waals surface area (Å²) >= 11 is 0. The zero-order valence-corrected chi connectivity index (χ0v) is 13.9. The van der Waals surface area contributed by atoms with E-state index in [4.69, 9.17) is 9.26 Å². The Kier molecular flexibility index (Phi) is 4.09. The Bertz CT molecular complexity index is 887. The molecule has 0 saturated carbocycles. The van der Waals surface area contributed by atoms with Crippen LogP contribution < -0.4 is 4.74 Å². The van der Waals surface area contributed by atoms with Crippen LogP contribution in [0.2, 0.25) is 0 Å². The Morgan fingerprint density at radius 1 is 1.40 bits per heavy atom. The molecule has 4 heterocycles. The summed E-state index contributed by atoms with van der Waals surface area (Å²) in [6, 6.07) is 1.89. The number of carbonyl (C=O) groups excluding carboxylic acids is 1. The minimum absolute atomic E-state index is 0.0660. The van der Waals surface area contributed by atoms with E-state index in [1.165, 1.54) is 12.5 Å². The van der Waals surface area contributed by atoms with Gasteiger partial charge in [-0.15, -0.1) is 0 Å². The maximum absolute atomic E-state index is 12.7. The Morgan fingerprint density at radius 3 is 3.16 bits per heavy atom. The van der Waals surface area contributed by atoms with Gasteiger partial charge in [-0.3, -0.25) is 4.79 Å². The topological polar surface area (TPSA) is 97.1 Å². The largest absolute Gasteiger partial charge is 0.472 e. The van der Waals surface area contributed by atoms with E-state index in [2.05, 4.69) is 20.1 Å². The van der Waals surface area contributed by atoms with E-state index in [1.807, 2.05) is 17.2 Å². The van der Waals surface area contributed by atoms with Gasteiger partial charge in [0.15, 0.2) is 0 Å². The number of amides is 1.